The van der Waals surface area contributed by atoms with Crippen LogP contribution in [0.5, 0.6) is 0 Å². The predicted octanol–water partition coefficient (Wildman–Crippen LogP) is 2.32. The van der Waals surface area contributed by atoms with Crippen molar-refractivity contribution in [2.24, 2.45) is 5.92 Å². The van der Waals surface area contributed by atoms with Crippen molar-refractivity contribution in [3.8, 4) is 0 Å². The lowest BCUT2D eigenvalue weighted by Crippen LogP contribution is -2.49. The lowest BCUT2D eigenvalue weighted by atomic mass is 9.90. The van der Waals surface area contributed by atoms with Crippen LogP contribution in [0.25, 0.3) is 10.8 Å². The Morgan fingerprint density at radius 2 is 2.20 bits per heavy atom. The molecule has 20 heavy (non-hydrogen) atoms. The number of nitrogens with zero attached hydrogens (tertiary/aromatic N) is 3. The van der Waals surface area contributed by atoms with Crippen molar-refractivity contribution in [1.29, 1.82) is 0 Å². The fourth-order valence-electron chi connectivity index (χ4n) is 3.03. The third kappa shape index (κ3) is 2.09. The van der Waals surface area contributed by atoms with Crippen LogP contribution in [0.2, 0.25) is 0 Å². The highest BCUT2D eigenvalue weighted by atomic mass is 16.4. The van der Waals surface area contributed by atoms with Crippen molar-refractivity contribution in [3.05, 3.63) is 30.5 Å². The van der Waals surface area contributed by atoms with Crippen LogP contribution in [-0.4, -0.2) is 33.9 Å². The Balaban J connectivity index is 2.11. The third-order valence-corrected chi connectivity index (χ3v) is 4.01. The van der Waals surface area contributed by atoms with Crippen LogP contribution in [-0.2, 0) is 4.79 Å². The smallest absolute Gasteiger partial charge is 0.326 e. The Morgan fingerprint density at radius 1 is 1.40 bits per heavy atom. The van der Waals surface area contributed by atoms with Gasteiger partial charge in [-0.3, -0.25) is 0 Å². The molecule has 0 bridgehead atoms. The number of hydrogen-bond acceptors (Lipinski definition) is 4. The van der Waals surface area contributed by atoms with Gasteiger partial charge in [0.25, 0.3) is 0 Å². The van der Waals surface area contributed by atoms with E-state index < -0.39 is 12.0 Å². The molecule has 0 spiro atoms. The maximum atomic E-state index is 11.6. The molecule has 5 nitrogen and oxygen atoms in total. The Morgan fingerprint density at radius 3 is 3.00 bits per heavy atom. The van der Waals surface area contributed by atoms with E-state index >= 15 is 0 Å². The first-order chi connectivity index (χ1) is 9.68. The molecule has 0 saturated carbocycles. The minimum atomic E-state index is -0.785. The van der Waals surface area contributed by atoms with Gasteiger partial charge >= 0.3 is 5.97 Å². The van der Waals surface area contributed by atoms with E-state index in [1.54, 1.807) is 6.20 Å². The zero-order chi connectivity index (χ0) is 14.1. The number of aliphatic carboxylic acids is 1. The summed E-state index contributed by atoms with van der Waals surface area (Å²) in [6, 6.07) is 7.30. The maximum absolute atomic E-state index is 11.6. The summed E-state index contributed by atoms with van der Waals surface area (Å²) in [6.07, 6.45) is 3.63. The van der Waals surface area contributed by atoms with Crippen molar-refractivity contribution >= 4 is 22.6 Å². The van der Waals surface area contributed by atoms with E-state index in [2.05, 4.69) is 10.2 Å². The third-order valence-electron chi connectivity index (χ3n) is 4.01. The number of rotatable bonds is 2. The van der Waals surface area contributed by atoms with Gasteiger partial charge in [0.1, 0.15) is 6.04 Å². The van der Waals surface area contributed by atoms with Gasteiger partial charge in [0.15, 0.2) is 5.82 Å². The Bertz CT molecular complexity index is 639. The molecular weight excluding hydrogens is 254 g/mol. The van der Waals surface area contributed by atoms with Crippen LogP contribution in [0.1, 0.15) is 19.8 Å². The quantitative estimate of drug-likeness (QED) is 0.908. The van der Waals surface area contributed by atoms with E-state index in [0.29, 0.717) is 12.4 Å². The van der Waals surface area contributed by atoms with Crippen LogP contribution in [0.15, 0.2) is 30.5 Å². The van der Waals surface area contributed by atoms with Gasteiger partial charge in [-0.25, -0.2) is 4.79 Å². The lowest BCUT2D eigenvalue weighted by Gasteiger charge is -2.38. The van der Waals surface area contributed by atoms with Crippen molar-refractivity contribution < 1.29 is 9.90 Å². The van der Waals surface area contributed by atoms with Gasteiger partial charge in [0.05, 0.1) is 6.20 Å². The van der Waals surface area contributed by atoms with E-state index in [1.165, 1.54) is 0 Å². The highest BCUT2D eigenvalue weighted by molar-refractivity contribution is 5.93. The number of hydrogen-bond donors (Lipinski definition) is 1. The second kappa shape index (κ2) is 5.07. The molecule has 104 valence electrons. The largest absolute Gasteiger partial charge is 0.480 e. The molecule has 2 aromatic rings. The molecule has 1 aliphatic heterocycles. The minimum absolute atomic E-state index is 0.113. The maximum Gasteiger partial charge on any atom is 0.326 e. The molecule has 0 amide bonds. The van der Waals surface area contributed by atoms with E-state index in [0.717, 1.165) is 23.6 Å². The van der Waals surface area contributed by atoms with E-state index in [-0.39, 0.29) is 5.92 Å². The summed E-state index contributed by atoms with van der Waals surface area (Å²) in [5.74, 6) is 0.0102. The number of carboxylic acid groups (broad SMARTS) is 1. The number of fused-ring (bicyclic) bond motifs is 1. The molecule has 2 heterocycles. The molecule has 0 radical (unpaired) electrons. The number of benzene rings is 1. The fraction of sp³-hybridized carbons (Fsp3) is 0.400. The zero-order valence-electron chi connectivity index (χ0n) is 11.4. The molecule has 1 aliphatic rings. The molecular formula is C15H17N3O2. The molecule has 1 aromatic heterocycles. The van der Waals surface area contributed by atoms with Crippen LogP contribution in [0, 0.1) is 5.92 Å². The molecule has 2 unspecified atom stereocenters. The molecule has 0 aliphatic carbocycles. The van der Waals surface area contributed by atoms with Gasteiger partial charge < -0.3 is 10.0 Å². The lowest BCUT2D eigenvalue weighted by molar-refractivity contribution is -0.140. The van der Waals surface area contributed by atoms with Gasteiger partial charge in [-0.1, -0.05) is 31.2 Å². The molecule has 3 rings (SSSR count). The second-order valence-corrected chi connectivity index (χ2v) is 5.35. The van der Waals surface area contributed by atoms with Gasteiger partial charge in [-0.15, -0.1) is 5.10 Å². The Kier molecular flexibility index (Phi) is 3.26. The number of anilines is 1. The predicted molar refractivity (Wildman–Crippen MR) is 76.7 cm³/mol. The molecule has 1 fully saturated rings. The highest BCUT2D eigenvalue weighted by Gasteiger charge is 2.35. The first kappa shape index (κ1) is 12.8. The van der Waals surface area contributed by atoms with Crippen LogP contribution in [0.3, 0.4) is 0 Å². The summed E-state index contributed by atoms with van der Waals surface area (Å²) in [5.41, 5.74) is 0. The van der Waals surface area contributed by atoms with Crippen molar-refractivity contribution in [2.45, 2.75) is 25.8 Å². The van der Waals surface area contributed by atoms with E-state index in [4.69, 9.17) is 0 Å². The summed E-state index contributed by atoms with van der Waals surface area (Å²) >= 11 is 0. The first-order valence-electron chi connectivity index (χ1n) is 6.88. The van der Waals surface area contributed by atoms with Gasteiger partial charge in [0.2, 0.25) is 0 Å². The molecule has 1 N–H and O–H groups in total. The van der Waals surface area contributed by atoms with Gasteiger partial charge in [-0.2, -0.15) is 5.10 Å². The molecule has 1 saturated heterocycles. The van der Waals surface area contributed by atoms with Crippen molar-refractivity contribution in [3.63, 3.8) is 0 Å². The highest BCUT2D eigenvalue weighted by Crippen LogP contribution is 2.31. The monoisotopic (exact) mass is 271 g/mol. The van der Waals surface area contributed by atoms with E-state index in [9.17, 15) is 9.90 Å². The van der Waals surface area contributed by atoms with Crippen LogP contribution in [0.4, 0.5) is 5.82 Å². The standard InChI is InChI=1S/C15H17N3O2/c1-10-5-4-8-18(13(10)15(19)20)14-12-7-3-2-6-11(12)9-16-17-14/h2-3,6-7,9-10,13H,4-5,8H2,1H3,(H,19,20). The van der Waals surface area contributed by atoms with Crippen LogP contribution >= 0.6 is 0 Å². The van der Waals surface area contributed by atoms with Crippen molar-refractivity contribution in [2.75, 3.05) is 11.4 Å². The number of aromatic nitrogens is 2. The van der Waals surface area contributed by atoms with Crippen molar-refractivity contribution in [1.82, 2.24) is 10.2 Å². The average Bonchev–Trinajstić information content (AvgIpc) is 2.46. The topological polar surface area (TPSA) is 66.3 Å². The number of piperidine rings is 1. The normalized spacial score (nSPS) is 22.9. The molecule has 5 heteroatoms. The number of carboxylic acids is 1. The zero-order valence-corrected chi connectivity index (χ0v) is 11.4. The van der Waals surface area contributed by atoms with Crippen LogP contribution < -0.4 is 4.90 Å². The Labute approximate surface area is 117 Å². The Hall–Kier alpha value is -2.17. The number of carbonyl (C=O) groups is 1. The van der Waals surface area contributed by atoms with Gasteiger partial charge in [-0.05, 0) is 18.8 Å². The minimum Gasteiger partial charge on any atom is -0.480 e. The fourth-order valence-corrected chi connectivity index (χ4v) is 3.03. The molecule has 1 aromatic carbocycles. The first-order valence-corrected chi connectivity index (χ1v) is 6.88. The summed E-state index contributed by atoms with van der Waals surface area (Å²) < 4.78 is 0. The molecule has 2 atom stereocenters. The SMILES string of the molecule is CC1CCCN(c2nncc3ccccc23)C1C(=O)O. The summed E-state index contributed by atoms with van der Waals surface area (Å²) in [4.78, 5) is 13.5. The summed E-state index contributed by atoms with van der Waals surface area (Å²) in [5, 5.41) is 19.7. The average molecular weight is 271 g/mol. The summed E-state index contributed by atoms with van der Waals surface area (Å²) in [7, 11) is 0. The summed E-state index contributed by atoms with van der Waals surface area (Å²) in [6.45, 7) is 2.70. The second-order valence-electron chi connectivity index (χ2n) is 5.35. The van der Waals surface area contributed by atoms with E-state index in [1.807, 2.05) is 36.1 Å². The van der Waals surface area contributed by atoms with Gasteiger partial charge in [0, 0.05) is 17.3 Å².